The van der Waals surface area contributed by atoms with E-state index in [9.17, 15) is 8.77 Å². The Morgan fingerprint density at radius 2 is 1.77 bits per heavy atom. The predicted octanol–water partition coefficient (Wildman–Crippen LogP) is 2.24. The van der Waals surface area contributed by atoms with Crippen LogP contribution in [0.25, 0.3) is 0 Å². The number of hydrogen-bond donors (Lipinski definition) is 0. The quantitative estimate of drug-likeness (QED) is 0.509. The van der Waals surface area contributed by atoms with E-state index >= 15 is 0 Å². The van der Waals surface area contributed by atoms with Gasteiger partial charge in [-0.25, -0.2) is 4.21 Å². The van der Waals surface area contributed by atoms with Gasteiger partial charge < -0.3 is 9.05 Å². The summed E-state index contributed by atoms with van der Waals surface area (Å²) in [6.45, 7) is 4.08. The summed E-state index contributed by atoms with van der Waals surface area (Å²) in [6, 6.07) is 0. The number of rotatable bonds is 7. The second-order valence-corrected chi connectivity index (χ2v) is 7.87. The molecule has 0 radical (unpaired) electrons. The zero-order valence-electron chi connectivity index (χ0n) is 8.02. The lowest BCUT2D eigenvalue weighted by Crippen LogP contribution is -2.02. The van der Waals surface area contributed by atoms with Crippen molar-refractivity contribution in [1.82, 2.24) is 0 Å². The number of hydrogen-bond acceptors (Lipinski definition) is 5. The molecule has 0 saturated heterocycles. The molecule has 0 N–H and O–H groups in total. The molecule has 7 heteroatoms. The minimum absolute atomic E-state index is 0.0319. The Morgan fingerprint density at radius 3 is 2.08 bits per heavy atom. The standard InChI is InChI=1S/C6H15O4PS2/c1-4-9-11(7,10-5-2)6-13(8)12-3/h4-6H2,1-3H3. The molecule has 1 unspecified atom stereocenters. The molecule has 0 amide bonds. The lowest BCUT2D eigenvalue weighted by molar-refractivity contribution is 0.224. The maximum Gasteiger partial charge on any atom is 0.343 e. The van der Waals surface area contributed by atoms with Gasteiger partial charge in [0.25, 0.3) is 0 Å². The van der Waals surface area contributed by atoms with Gasteiger partial charge in [-0.1, -0.05) is 10.8 Å². The van der Waals surface area contributed by atoms with E-state index in [0.717, 1.165) is 10.8 Å². The Kier molecular flexibility index (Phi) is 7.36. The second kappa shape index (κ2) is 7.01. The van der Waals surface area contributed by atoms with Crippen molar-refractivity contribution in [2.24, 2.45) is 0 Å². The van der Waals surface area contributed by atoms with Crippen molar-refractivity contribution < 1.29 is 17.8 Å². The first-order valence-corrected chi connectivity index (χ1v) is 8.67. The van der Waals surface area contributed by atoms with Gasteiger partial charge in [-0.15, -0.1) is 0 Å². The summed E-state index contributed by atoms with van der Waals surface area (Å²) in [6.07, 6.45) is 1.69. The molecule has 1 atom stereocenters. The van der Waals surface area contributed by atoms with Gasteiger partial charge in [0.1, 0.15) is 5.49 Å². The van der Waals surface area contributed by atoms with Crippen molar-refractivity contribution in [2.75, 3.05) is 25.0 Å². The largest absolute Gasteiger partial charge is 0.343 e. The second-order valence-electron chi connectivity index (χ2n) is 2.05. The first kappa shape index (κ1) is 13.7. The van der Waals surface area contributed by atoms with E-state index in [-0.39, 0.29) is 5.49 Å². The molecule has 0 aliphatic rings. The van der Waals surface area contributed by atoms with Gasteiger partial charge in [0.15, 0.2) is 0 Å². The summed E-state index contributed by atoms with van der Waals surface area (Å²) in [5.41, 5.74) is -0.0319. The summed E-state index contributed by atoms with van der Waals surface area (Å²) in [5.74, 6) is 0. The van der Waals surface area contributed by atoms with E-state index in [1.165, 1.54) is 0 Å². The van der Waals surface area contributed by atoms with E-state index < -0.39 is 17.4 Å². The van der Waals surface area contributed by atoms with Crippen LogP contribution in [0.1, 0.15) is 13.8 Å². The van der Waals surface area contributed by atoms with E-state index in [1.807, 2.05) is 0 Å². The molecule has 0 aromatic heterocycles. The van der Waals surface area contributed by atoms with Crippen LogP contribution >= 0.6 is 18.4 Å². The topological polar surface area (TPSA) is 52.6 Å². The van der Waals surface area contributed by atoms with Crippen molar-refractivity contribution in [1.29, 1.82) is 0 Å². The molecular weight excluding hydrogens is 231 g/mol. The molecular formula is C6H15O4PS2. The van der Waals surface area contributed by atoms with Crippen LogP contribution in [0, 0.1) is 0 Å². The lowest BCUT2D eigenvalue weighted by Gasteiger charge is -2.15. The summed E-state index contributed by atoms with van der Waals surface area (Å²) in [4.78, 5) is 0. The molecule has 0 rings (SSSR count). The fraction of sp³-hybridized carbons (Fsp3) is 1.00. The lowest BCUT2D eigenvalue weighted by atomic mass is 10.9. The van der Waals surface area contributed by atoms with Crippen LogP contribution in [0.2, 0.25) is 0 Å². The van der Waals surface area contributed by atoms with Crippen molar-refractivity contribution in [3.63, 3.8) is 0 Å². The minimum atomic E-state index is -3.11. The van der Waals surface area contributed by atoms with E-state index in [4.69, 9.17) is 9.05 Å². The average molecular weight is 246 g/mol. The molecule has 0 aliphatic carbocycles. The highest BCUT2D eigenvalue weighted by Crippen LogP contribution is 2.49. The monoisotopic (exact) mass is 246 g/mol. The third kappa shape index (κ3) is 5.86. The molecule has 0 aliphatic heterocycles. The Hall–Kier alpha value is 0.650. The molecule has 80 valence electrons. The molecule has 0 bridgehead atoms. The van der Waals surface area contributed by atoms with Gasteiger partial charge in [0, 0.05) is 0 Å². The van der Waals surface area contributed by atoms with Crippen LogP contribution in [0.4, 0.5) is 0 Å². The van der Waals surface area contributed by atoms with Crippen molar-refractivity contribution in [3.8, 4) is 0 Å². The minimum Gasteiger partial charge on any atom is -0.308 e. The Balaban J connectivity index is 4.23. The highest BCUT2D eigenvalue weighted by Gasteiger charge is 2.26. The molecule has 13 heavy (non-hydrogen) atoms. The third-order valence-corrected chi connectivity index (χ3v) is 6.95. The summed E-state index contributed by atoms with van der Waals surface area (Å²) >= 11 is 0. The SMILES string of the molecule is CCOP(=O)(CS(=O)SC)OCC. The van der Waals surface area contributed by atoms with Crippen LogP contribution in [0.15, 0.2) is 0 Å². The summed E-state index contributed by atoms with van der Waals surface area (Å²) < 4.78 is 32.8. The first-order valence-electron chi connectivity index (χ1n) is 3.89. The molecule has 0 aromatic rings. The summed E-state index contributed by atoms with van der Waals surface area (Å²) in [7, 11) is -3.17. The predicted molar refractivity (Wildman–Crippen MR) is 57.4 cm³/mol. The van der Waals surface area contributed by atoms with Crippen molar-refractivity contribution in [3.05, 3.63) is 0 Å². The Labute approximate surface area is 85.2 Å². The molecule has 4 nitrogen and oxygen atoms in total. The van der Waals surface area contributed by atoms with Crippen LogP contribution < -0.4 is 0 Å². The molecule has 0 saturated carbocycles. The maximum absolute atomic E-state index is 11.7. The first-order chi connectivity index (χ1) is 6.08. The van der Waals surface area contributed by atoms with Crippen molar-refractivity contribution >= 4 is 28.2 Å². The third-order valence-electron chi connectivity index (χ3n) is 1.10. The Morgan fingerprint density at radius 1 is 1.31 bits per heavy atom. The van der Waals surface area contributed by atoms with Gasteiger partial charge >= 0.3 is 7.60 Å². The van der Waals surface area contributed by atoms with Gasteiger partial charge in [-0.3, -0.25) is 4.57 Å². The average Bonchev–Trinajstić information content (AvgIpc) is 2.04. The van der Waals surface area contributed by atoms with Gasteiger partial charge in [-0.2, -0.15) is 0 Å². The normalized spacial score (nSPS) is 14.4. The summed E-state index contributed by atoms with van der Waals surface area (Å²) in [5, 5.41) is 0. The molecule has 0 aromatic carbocycles. The fourth-order valence-corrected chi connectivity index (χ4v) is 5.71. The van der Waals surface area contributed by atoms with Crippen LogP contribution in [-0.2, 0) is 23.4 Å². The van der Waals surface area contributed by atoms with E-state index in [1.54, 1.807) is 20.1 Å². The van der Waals surface area contributed by atoms with Crippen molar-refractivity contribution in [2.45, 2.75) is 13.8 Å². The highest BCUT2D eigenvalue weighted by atomic mass is 33.1. The maximum atomic E-state index is 11.7. The molecule has 0 spiro atoms. The smallest absolute Gasteiger partial charge is 0.308 e. The molecule has 0 heterocycles. The molecule has 0 fully saturated rings. The Bertz CT molecular complexity index is 199. The van der Waals surface area contributed by atoms with Gasteiger partial charge in [-0.05, 0) is 20.1 Å². The van der Waals surface area contributed by atoms with Gasteiger partial charge in [0.05, 0.1) is 23.0 Å². The van der Waals surface area contributed by atoms with Gasteiger partial charge in [0.2, 0.25) is 0 Å². The van der Waals surface area contributed by atoms with E-state index in [2.05, 4.69) is 0 Å². The van der Waals surface area contributed by atoms with Crippen LogP contribution in [0.5, 0.6) is 0 Å². The van der Waals surface area contributed by atoms with E-state index in [0.29, 0.717) is 13.2 Å². The van der Waals surface area contributed by atoms with Crippen LogP contribution in [0.3, 0.4) is 0 Å². The zero-order chi connectivity index (χ0) is 10.3. The zero-order valence-corrected chi connectivity index (χ0v) is 10.5. The van der Waals surface area contributed by atoms with Crippen LogP contribution in [-0.4, -0.2) is 29.2 Å². The highest BCUT2D eigenvalue weighted by molar-refractivity contribution is 8.69. The fourth-order valence-electron chi connectivity index (χ4n) is 0.687.